The zero-order valence-electron chi connectivity index (χ0n) is 15.0. The average Bonchev–Trinajstić information content (AvgIpc) is 2.96. The molecule has 1 aromatic carbocycles. The van der Waals surface area contributed by atoms with E-state index in [4.69, 9.17) is 0 Å². The van der Waals surface area contributed by atoms with Crippen molar-refractivity contribution >= 4 is 21.9 Å². The number of fused-ring (bicyclic) bond motifs is 3. The van der Waals surface area contributed by atoms with Crippen molar-refractivity contribution in [1.29, 1.82) is 0 Å². The number of hydrogen-bond donors (Lipinski definition) is 1. The Morgan fingerprint density at radius 1 is 1.16 bits per heavy atom. The van der Waals surface area contributed by atoms with Gasteiger partial charge in [-0.25, -0.2) is 4.98 Å². The monoisotopic (exact) mass is 338 g/mol. The number of nitrogens with zero attached hydrogens (tertiary/aromatic N) is 3. The molecule has 4 rings (SSSR count). The van der Waals surface area contributed by atoms with Gasteiger partial charge in [0.2, 0.25) is 0 Å². The molecule has 25 heavy (non-hydrogen) atoms. The molecule has 132 valence electrons. The first-order valence-corrected chi connectivity index (χ1v) is 9.30. The maximum atomic E-state index is 12.8. The number of H-pyrrole nitrogens is 1. The van der Waals surface area contributed by atoms with Gasteiger partial charge in [-0.2, -0.15) is 0 Å². The second-order valence-electron chi connectivity index (χ2n) is 7.70. The lowest BCUT2D eigenvalue weighted by Gasteiger charge is -2.34. The highest BCUT2D eigenvalue weighted by Crippen LogP contribution is 2.22. The molecule has 2 atom stereocenters. The number of aromatic nitrogens is 3. The molecule has 1 fully saturated rings. The van der Waals surface area contributed by atoms with Crippen LogP contribution in [0.4, 0.5) is 0 Å². The van der Waals surface area contributed by atoms with Gasteiger partial charge in [-0.05, 0) is 37.3 Å². The molecule has 2 aromatic heterocycles. The summed E-state index contributed by atoms with van der Waals surface area (Å²) in [5.74, 6) is 1.55. The van der Waals surface area contributed by atoms with Crippen molar-refractivity contribution in [2.75, 3.05) is 19.6 Å². The van der Waals surface area contributed by atoms with Gasteiger partial charge in [-0.1, -0.05) is 32.0 Å². The summed E-state index contributed by atoms with van der Waals surface area (Å²) in [4.78, 5) is 23.1. The minimum atomic E-state index is 0.0292. The number of hydrogen-bond acceptors (Lipinski definition) is 3. The summed E-state index contributed by atoms with van der Waals surface area (Å²) >= 11 is 0. The lowest BCUT2D eigenvalue weighted by Crippen LogP contribution is -2.39. The quantitative estimate of drug-likeness (QED) is 0.794. The molecule has 1 aliphatic heterocycles. The molecule has 0 saturated carbocycles. The predicted molar refractivity (Wildman–Crippen MR) is 102 cm³/mol. The first kappa shape index (κ1) is 16.3. The van der Waals surface area contributed by atoms with Crippen molar-refractivity contribution in [2.24, 2.45) is 11.8 Å². The molecule has 3 aromatic rings. The number of likely N-dealkylation sites (tertiary alicyclic amines) is 1. The van der Waals surface area contributed by atoms with E-state index in [-0.39, 0.29) is 5.56 Å². The zero-order valence-corrected chi connectivity index (χ0v) is 15.0. The van der Waals surface area contributed by atoms with Gasteiger partial charge in [0.25, 0.3) is 5.56 Å². The second kappa shape index (κ2) is 6.64. The number of rotatable bonds is 4. The highest BCUT2D eigenvalue weighted by molar-refractivity contribution is 6.04. The van der Waals surface area contributed by atoms with Gasteiger partial charge < -0.3 is 9.88 Å². The van der Waals surface area contributed by atoms with Gasteiger partial charge in [0.15, 0.2) is 0 Å². The topological polar surface area (TPSA) is 53.9 Å². The Bertz CT molecular complexity index is 932. The van der Waals surface area contributed by atoms with Crippen molar-refractivity contribution in [2.45, 2.75) is 33.2 Å². The Hall–Kier alpha value is -2.14. The molecule has 0 amide bonds. The van der Waals surface area contributed by atoms with Crippen LogP contribution in [-0.2, 0) is 6.54 Å². The second-order valence-corrected chi connectivity index (χ2v) is 7.70. The fraction of sp³-hybridized carbons (Fsp3) is 0.500. The number of nitrogens with one attached hydrogen (secondary N) is 1. The minimum absolute atomic E-state index is 0.0292. The Kier molecular flexibility index (Phi) is 4.34. The molecule has 1 aliphatic rings. The van der Waals surface area contributed by atoms with E-state index < -0.39 is 0 Å². The zero-order chi connectivity index (χ0) is 17.4. The van der Waals surface area contributed by atoms with Crippen molar-refractivity contribution in [3.05, 3.63) is 40.9 Å². The lowest BCUT2D eigenvalue weighted by atomic mass is 9.92. The largest absolute Gasteiger partial charge is 0.349 e. The molecule has 0 aliphatic carbocycles. The van der Waals surface area contributed by atoms with Gasteiger partial charge in [0.1, 0.15) is 11.0 Å². The van der Waals surface area contributed by atoms with Crippen LogP contribution in [0.3, 0.4) is 0 Å². The number of benzene rings is 1. The van der Waals surface area contributed by atoms with Crippen LogP contribution in [-0.4, -0.2) is 39.1 Å². The number of aryl methyl sites for hydroxylation is 1. The first-order valence-electron chi connectivity index (χ1n) is 9.30. The summed E-state index contributed by atoms with van der Waals surface area (Å²) in [6.45, 7) is 8.79. The Morgan fingerprint density at radius 3 is 2.72 bits per heavy atom. The van der Waals surface area contributed by atoms with Crippen LogP contribution in [0.2, 0.25) is 0 Å². The maximum absolute atomic E-state index is 12.8. The molecular weight excluding hydrogens is 312 g/mol. The van der Waals surface area contributed by atoms with Gasteiger partial charge in [0.05, 0.1) is 6.33 Å². The molecular formula is C20H26N4O. The van der Waals surface area contributed by atoms with Crippen LogP contribution in [0, 0.1) is 11.8 Å². The Morgan fingerprint density at radius 2 is 1.92 bits per heavy atom. The lowest BCUT2D eigenvalue weighted by molar-refractivity contribution is 0.138. The molecule has 5 heteroatoms. The summed E-state index contributed by atoms with van der Waals surface area (Å²) in [7, 11) is 0. The fourth-order valence-corrected chi connectivity index (χ4v) is 4.34. The van der Waals surface area contributed by atoms with E-state index in [9.17, 15) is 4.79 Å². The third kappa shape index (κ3) is 3.21. The van der Waals surface area contributed by atoms with Gasteiger partial charge >= 0.3 is 0 Å². The van der Waals surface area contributed by atoms with Crippen LogP contribution in [0.1, 0.15) is 26.7 Å². The van der Waals surface area contributed by atoms with E-state index in [0.717, 1.165) is 47.8 Å². The SMILES string of the molecule is CC1CC(C)CN(CCCn2cnc3c([nH]c4ccccc43)c2=O)C1. The van der Waals surface area contributed by atoms with Crippen molar-refractivity contribution < 1.29 is 0 Å². The predicted octanol–water partition coefficient (Wildman–Crippen LogP) is 3.25. The van der Waals surface area contributed by atoms with Crippen molar-refractivity contribution in [1.82, 2.24) is 19.4 Å². The maximum Gasteiger partial charge on any atom is 0.277 e. The normalized spacial score (nSPS) is 22.0. The molecule has 3 heterocycles. The van der Waals surface area contributed by atoms with Crippen molar-refractivity contribution in [3.8, 4) is 0 Å². The van der Waals surface area contributed by atoms with Crippen LogP contribution < -0.4 is 5.56 Å². The Labute approximate surface area is 147 Å². The summed E-state index contributed by atoms with van der Waals surface area (Å²) in [5, 5.41) is 1.01. The average molecular weight is 338 g/mol. The van der Waals surface area contributed by atoms with E-state index in [1.54, 1.807) is 10.9 Å². The van der Waals surface area contributed by atoms with Gasteiger partial charge in [-0.3, -0.25) is 9.36 Å². The summed E-state index contributed by atoms with van der Waals surface area (Å²) < 4.78 is 1.74. The van der Waals surface area contributed by atoms with E-state index in [2.05, 4.69) is 28.7 Å². The van der Waals surface area contributed by atoms with Crippen molar-refractivity contribution in [3.63, 3.8) is 0 Å². The minimum Gasteiger partial charge on any atom is -0.349 e. The van der Waals surface area contributed by atoms with Crippen LogP contribution in [0.25, 0.3) is 21.9 Å². The smallest absolute Gasteiger partial charge is 0.277 e. The highest BCUT2D eigenvalue weighted by Gasteiger charge is 2.21. The standard InChI is InChI=1S/C20H26N4O/c1-14-10-15(2)12-23(11-14)8-5-9-24-13-21-18-16-6-3-4-7-17(16)22-19(18)20(24)25/h3-4,6-7,13-15,22H,5,8-12H2,1-2H3. The van der Waals surface area contributed by atoms with Crippen LogP contribution in [0.5, 0.6) is 0 Å². The van der Waals surface area contributed by atoms with E-state index in [1.807, 2.05) is 24.3 Å². The molecule has 0 radical (unpaired) electrons. The molecule has 5 nitrogen and oxygen atoms in total. The Balaban J connectivity index is 1.49. The van der Waals surface area contributed by atoms with Crippen LogP contribution >= 0.6 is 0 Å². The number of piperidine rings is 1. The molecule has 1 N–H and O–H groups in total. The van der Waals surface area contributed by atoms with E-state index in [0.29, 0.717) is 5.52 Å². The summed E-state index contributed by atoms with van der Waals surface area (Å²) in [5.41, 5.74) is 2.39. The first-order chi connectivity index (χ1) is 12.1. The molecule has 1 saturated heterocycles. The molecule has 0 spiro atoms. The van der Waals surface area contributed by atoms with E-state index >= 15 is 0 Å². The molecule has 2 unspecified atom stereocenters. The fourth-order valence-electron chi connectivity index (χ4n) is 4.34. The third-order valence-corrected chi connectivity index (χ3v) is 5.30. The summed E-state index contributed by atoms with van der Waals surface area (Å²) in [6.07, 6.45) is 4.01. The van der Waals surface area contributed by atoms with Gasteiger partial charge in [0, 0.05) is 30.5 Å². The highest BCUT2D eigenvalue weighted by atomic mass is 16.1. The number of aromatic amines is 1. The summed E-state index contributed by atoms with van der Waals surface area (Å²) in [6, 6.07) is 7.93. The van der Waals surface area contributed by atoms with Crippen LogP contribution in [0.15, 0.2) is 35.4 Å². The molecule has 0 bridgehead atoms. The van der Waals surface area contributed by atoms with Gasteiger partial charge in [-0.15, -0.1) is 0 Å². The van der Waals surface area contributed by atoms with E-state index in [1.165, 1.54) is 19.5 Å². The third-order valence-electron chi connectivity index (χ3n) is 5.30. The number of para-hydroxylation sites is 1.